The van der Waals surface area contributed by atoms with Gasteiger partial charge < -0.3 is 10.8 Å². The Morgan fingerprint density at radius 3 is 3.00 bits per heavy atom. The van der Waals surface area contributed by atoms with E-state index < -0.39 is 6.10 Å². The highest BCUT2D eigenvalue weighted by Gasteiger charge is 2.11. The van der Waals surface area contributed by atoms with Gasteiger partial charge in [-0.15, -0.1) is 11.3 Å². The van der Waals surface area contributed by atoms with Crippen molar-refractivity contribution in [2.45, 2.75) is 13.0 Å². The smallest absolute Gasteiger partial charge is 0.123 e. The molecule has 0 radical (unpaired) electrons. The van der Waals surface area contributed by atoms with Crippen molar-refractivity contribution in [3.05, 3.63) is 40.2 Å². The van der Waals surface area contributed by atoms with E-state index in [1.165, 1.54) is 16.9 Å². The van der Waals surface area contributed by atoms with Gasteiger partial charge in [0.2, 0.25) is 0 Å². The zero-order valence-corrected chi connectivity index (χ0v) is 9.87. The molecule has 0 aliphatic carbocycles. The summed E-state index contributed by atoms with van der Waals surface area (Å²) in [5, 5.41) is 12.2. The first-order chi connectivity index (χ1) is 7.70. The van der Waals surface area contributed by atoms with E-state index in [4.69, 9.17) is 5.73 Å². The lowest BCUT2D eigenvalue weighted by Crippen LogP contribution is -2.11. The van der Waals surface area contributed by atoms with Crippen LogP contribution in [0.2, 0.25) is 0 Å². The maximum Gasteiger partial charge on any atom is 0.123 e. The number of aliphatic hydroxyl groups excluding tert-OH is 1. The van der Waals surface area contributed by atoms with Crippen LogP contribution in [0.5, 0.6) is 0 Å². The van der Waals surface area contributed by atoms with Crippen molar-refractivity contribution in [1.29, 1.82) is 0 Å². The van der Waals surface area contributed by atoms with Gasteiger partial charge in [0, 0.05) is 17.5 Å². The van der Waals surface area contributed by atoms with Crippen LogP contribution < -0.4 is 5.73 Å². The number of hydrogen-bond donors (Lipinski definition) is 2. The van der Waals surface area contributed by atoms with Gasteiger partial charge in [0.05, 0.1) is 5.69 Å². The van der Waals surface area contributed by atoms with Crippen molar-refractivity contribution in [1.82, 2.24) is 4.98 Å². The minimum Gasteiger partial charge on any atom is -0.385 e. The van der Waals surface area contributed by atoms with Crippen LogP contribution in [0.25, 0.3) is 11.3 Å². The SMILES string of the molecule is Cc1cccc(-c2csc(C(O)CN)n2)c1. The molecule has 1 heterocycles. The molecule has 3 nitrogen and oxygen atoms in total. The topological polar surface area (TPSA) is 59.1 Å². The second kappa shape index (κ2) is 4.74. The van der Waals surface area contributed by atoms with Crippen molar-refractivity contribution in [3.8, 4) is 11.3 Å². The number of thiazole rings is 1. The normalized spacial score (nSPS) is 12.7. The van der Waals surface area contributed by atoms with Crippen LogP contribution in [0.4, 0.5) is 0 Å². The van der Waals surface area contributed by atoms with E-state index in [-0.39, 0.29) is 6.54 Å². The number of benzene rings is 1. The Balaban J connectivity index is 2.31. The highest BCUT2D eigenvalue weighted by molar-refractivity contribution is 7.10. The Kier molecular flexibility index (Phi) is 3.33. The standard InChI is InChI=1S/C12H14N2OS/c1-8-3-2-4-9(5-8)10-7-16-12(14-10)11(15)6-13/h2-5,7,11,15H,6,13H2,1H3. The summed E-state index contributed by atoms with van der Waals surface area (Å²) >= 11 is 1.44. The monoisotopic (exact) mass is 234 g/mol. The van der Waals surface area contributed by atoms with Gasteiger partial charge in [-0.1, -0.05) is 23.8 Å². The lowest BCUT2D eigenvalue weighted by atomic mass is 10.1. The Hall–Kier alpha value is -1.23. The number of hydrogen-bond acceptors (Lipinski definition) is 4. The predicted molar refractivity (Wildman–Crippen MR) is 66.3 cm³/mol. The highest BCUT2D eigenvalue weighted by atomic mass is 32.1. The summed E-state index contributed by atoms with van der Waals surface area (Å²) in [5.74, 6) is 0. The van der Waals surface area contributed by atoms with E-state index in [9.17, 15) is 5.11 Å². The Bertz CT molecular complexity index is 481. The number of nitrogens with two attached hydrogens (primary N) is 1. The van der Waals surface area contributed by atoms with Gasteiger partial charge in [0.25, 0.3) is 0 Å². The van der Waals surface area contributed by atoms with Gasteiger partial charge in [-0.3, -0.25) is 0 Å². The Morgan fingerprint density at radius 2 is 2.31 bits per heavy atom. The van der Waals surface area contributed by atoms with E-state index in [1.54, 1.807) is 0 Å². The van der Waals surface area contributed by atoms with E-state index in [1.807, 2.05) is 30.5 Å². The molecule has 1 atom stereocenters. The highest BCUT2D eigenvalue weighted by Crippen LogP contribution is 2.25. The minimum atomic E-state index is -0.649. The molecule has 1 aromatic heterocycles. The second-order valence-electron chi connectivity index (χ2n) is 3.69. The van der Waals surface area contributed by atoms with Crippen LogP contribution in [0.1, 0.15) is 16.7 Å². The first-order valence-electron chi connectivity index (χ1n) is 5.11. The number of rotatable bonds is 3. The van der Waals surface area contributed by atoms with Crippen LogP contribution >= 0.6 is 11.3 Å². The number of nitrogens with zero attached hydrogens (tertiary/aromatic N) is 1. The zero-order chi connectivity index (χ0) is 11.5. The third-order valence-electron chi connectivity index (χ3n) is 2.34. The third-order valence-corrected chi connectivity index (χ3v) is 3.29. The van der Waals surface area contributed by atoms with E-state index >= 15 is 0 Å². The quantitative estimate of drug-likeness (QED) is 0.855. The van der Waals surface area contributed by atoms with Crippen molar-refractivity contribution >= 4 is 11.3 Å². The first kappa shape index (κ1) is 11.3. The molecule has 0 saturated heterocycles. The predicted octanol–water partition coefficient (Wildman–Crippen LogP) is 2.11. The van der Waals surface area contributed by atoms with Crippen LogP contribution in [0.3, 0.4) is 0 Å². The van der Waals surface area contributed by atoms with Gasteiger partial charge in [0.15, 0.2) is 0 Å². The van der Waals surface area contributed by atoms with Crippen molar-refractivity contribution in [3.63, 3.8) is 0 Å². The van der Waals surface area contributed by atoms with Gasteiger partial charge >= 0.3 is 0 Å². The number of aromatic nitrogens is 1. The summed E-state index contributed by atoms with van der Waals surface area (Å²) in [7, 11) is 0. The fourth-order valence-corrected chi connectivity index (χ4v) is 2.30. The molecule has 0 aliphatic rings. The summed E-state index contributed by atoms with van der Waals surface area (Å²) < 4.78 is 0. The maximum absolute atomic E-state index is 9.57. The van der Waals surface area contributed by atoms with Crippen LogP contribution in [0.15, 0.2) is 29.6 Å². The molecule has 16 heavy (non-hydrogen) atoms. The van der Waals surface area contributed by atoms with Crippen molar-refractivity contribution in [2.75, 3.05) is 6.54 Å². The summed E-state index contributed by atoms with van der Waals surface area (Å²) in [5.41, 5.74) is 8.57. The molecular weight excluding hydrogens is 220 g/mol. The van der Waals surface area contributed by atoms with Gasteiger partial charge in [-0.05, 0) is 13.0 Å². The fourth-order valence-electron chi connectivity index (χ4n) is 1.48. The average Bonchev–Trinajstić information content (AvgIpc) is 2.77. The van der Waals surface area contributed by atoms with E-state index in [0.717, 1.165) is 11.3 Å². The molecule has 0 bridgehead atoms. The van der Waals surface area contributed by atoms with Gasteiger partial charge in [0.1, 0.15) is 11.1 Å². The molecule has 0 saturated carbocycles. The van der Waals surface area contributed by atoms with E-state index in [2.05, 4.69) is 11.1 Å². The third kappa shape index (κ3) is 2.29. The summed E-state index contributed by atoms with van der Waals surface area (Å²) in [6.07, 6.45) is -0.649. The largest absolute Gasteiger partial charge is 0.385 e. The molecule has 2 aromatic rings. The average molecular weight is 234 g/mol. The maximum atomic E-state index is 9.57. The number of aliphatic hydroxyl groups is 1. The van der Waals surface area contributed by atoms with Crippen LogP contribution in [-0.4, -0.2) is 16.6 Å². The fraction of sp³-hybridized carbons (Fsp3) is 0.250. The molecule has 0 fully saturated rings. The second-order valence-corrected chi connectivity index (χ2v) is 4.58. The molecule has 0 amide bonds. The van der Waals surface area contributed by atoms with Crippen molar-refractivity contribution < 1.29 is 5.11 Å². The summed E-state index contributed by atoms with van der Waals surface area (Å²) in [6.45, 7) is 2.26. The van der Waals surface area contributed by atoms with Gasteiger partial charge in [-0.25, -0.2) is 4.98 Å². The zero-order valence-electron chi connectivity index (χ0n) is 9.05. The molecule has 84 valence electrons. The van der Waals surface area contributed by atoms with Crippen molar-refractivity contribution in [2.24, 2.45) is 5.73 Å². The number of aryl methyl sites for hydroxylation is 1. The molecular formula is C12H14N2OS. The van der Waals surface area contributed by atoms with Crippen LogP contribution in [0, 0.1) is 6.92 Å². The molecule has 4 heteroatoms. The molecule has 0 spiro atoms. The lowest BCUT2D eigenvalue weighted by Gasteiger charge is -2.02. The molecule has 1 unspecified atom stereocenters. The van der Waals surface area contributed by atoms with Gasteiger partial charge in [-0.2, -0.15) is 0 Å². The summed E-state index contributed by atoms with van der Waals surface area (Å²) in [6, 6.07) is 8.14. The Morgan fingerprint density at radius 1 is 1.50 bits per heavy atom. The molecule has 2 rings (SSSR count). The van der Waals surface area contributed by atoms with Crippen LogP contribution in [-0.2, 0) is 0 Å². The van der Waals surface area contributed by atoms with E-state index in [0.29, 0.717) is 5.01 Å². The Labute approximate surface area is 98.6 Å². The summed E-state index contributed by atoms with van der Waals surface area (Å²) in [4.78, 5) is 4.38. The molecule has 3 N–H and O–H groups in total. The lowest BCUT2D eigenvalue weighted by molar-refractivity contribution is 0.186. The first-order valence-corrected chi connectivity index (χ1v) is 5.99. The molecule has 1 aromatic carbocycles. The minimum absolute atomic E-state index is 0.209. The molecule has 0 aliphatic heterocycles.